The first kappa shape index (κ1) is 65.4. The van der Waals surface area contributed by atoms with Crippen molar-refractivity contribution in [3.05, 3.63) is 167 Å². The van der Waals surface area contributed by atoms with Crippen LogP contribution in [0.3, 0.4) is 0 Å². The van der Waals surface area contributed by atoms with E-state index in [1.165, 1.54) is 58.6 Å². The molecule has 8 heteroatoms. The van der Waals surface area contributed by atoms with E-state index in [9.17, 15) is 10.2 Å². The van der Waals surface area contributed by atoms with Crippen LogP contribution in [-0.4, -0.2) is 31.6 Å². The maximum absolute atomic E-state index is 16.5. The van der Waals surface area contributed by atoms with Crippen LogP contribution in [-0.2, 0) is 56.1 Å². The van der Waals surface area contributed by atoms with Gasteiger partial charge in [-0.25, -0.2) is 8.78 Å². The highest BCUT2D eigenvalue weighted by atomic mass is 19.1. The topological polar surface area (TPSA) is 55.7 Å². The summed E-state index contributed by atoms with van der Waals surface area (Å²) in [6, 6.07) is 28.2. The molecule has 0 amide bonds. The lowest BCUT2D eigenvalue weighted by molar-refractivity contribution is -0.0945. The van der Waals surface area contributed by atoms with E-state index in [1.807, 2.05) is 13.8 Å². The van der Waals surface area contributed by atoms with Crippen molar-refractivity contribution in [2.75, 3.05) is 0 Å². The quantitative estimate of drug-likeness (QED) is 0.0842. The van der Waals surface area contributed by atoms with Gasteiger partial charge in [0, 0.05) is 58.3 Å². The molecular formula is C81H104F2N2O4. The van der Waals surface area contributed by atoms with E-state index in [0.717, 1.165) is 90.0 Å². The molecule has 10 rings (SSSR count). The van der Waals surface area contributed by atoms with Gasteiger partial charge in [0.25, 0.3) is 0 Å². The molecule has 0 saturated heterocycles. The number of hydrogen-bond donors (Lipinski definition) is 2. The zero-order valence-electron chi connectivity index (χ0n) is 57.8. The summed E-state index contributed by atoms with van der Waals surface area (Å²) < 4.78 is 43.9. The number of phenolic OH excluding ortho intramolecular Hbond substituents is 2. The minimum Gasteiger partial charge on any atom is -0.709 e. The molecule has 8 aromatic rings. The molecule has 89 heavy (non-hydrogen) atoms. The van der Waals surface area contributed by atoms with Crippen LogP contribution in [0.15, 0.2) is 84.9 Å². The average Bonchev–Trinajstić information content (AvgIpc) is 1.75. The number of aryl methyl sites for hydroxylation is 2. The summed E-state index contributed by atoms with van der Waals surface area (Å²) in [5.74, 6) is 0.616. The molecule has 2 aliphatic carbocycles. The predicted molar refractivity (Wildman–Crippen MR) is 370 cm³/mol. The van der Waals surface area contributed by atoms with Crippen LogP contribution in [0.1, 0.15) is 225 Å². The van der Waals surface area contributed by atoms with Crippen molar-refractivity contribution in [3.8, 4) is 56.6 Å². The van der Waals surface area contributed by atoms with Crippen LogP contribution >= 0.6 is 0 Å². The molecule has 0 saturated carbocycles. The van der Waals surface area contributed by atoms with Gasteiger partial charge in [0.2, 0.25) is 11.5 Å². The second-order valence-electron chi connectivity index (χ2n) is 32.8. The Morgan fingerprint density at radius 1 is 0.461 bits per heavy atom. The number of aromatic hydroxyl groups is 2. The molecule has 2 unspecified atom stereocenters. The Bertz CT molecular complexity index is 3920. The van der Waals surface area contributed by atoms with Gasteiger partial charge in [0.05, 0.1) is 33.5 Å². The van der Waals surface area contributed by atoms with E-state index in [0.29, 0.717) is 57.0 Å². The molecule has 2 aliphatic rings. The van der Waals surface area contributed by atoms with Gasteiger partial charge in [0.15, 0.2) is 12.2 Å². The Hall–Kier alpha value is -6.54. The van der Waals surface area contributed by atoms with Crippen LogP contribution in [0.5, 0.6) is 23.0 Å². The number of hydrogen-bond acceptors (Lipinski definition) is 2. The van der Waals surface area contributed by atoms with Gasteiger partial charge in [-0.05, 0) is 219 Å². The largest absolute Gasteiger partial charge is 0.709 e. The lowest BCUT2D eigenvalue weighted by atomic mass is 9.71. The van der Waals surface area contributed by atoms with E-state index >= 15 is 8.78 Å². The Kier molecular flexibility index (Phi) is 17.1. The standard InChI is InChI=1S/C81H104F2N2O4/c1-48-35-56(82)44-64(62-38-54(80(17,18)46-76(5,6)7)42-70(72(62)86)84-66-29-25-23-27-58(66)59-28-24-26-30-67(59)84)74(48)88(21)50(3)37-51(4)89(22)75-49(2)36-57(83)45-65(75)63-39-55(81(19,20)47-77(8,9)10)43-71(73(63)87)85-68-40-52(78(11,12)13)31-33-60(68)61-34-32-53(41-69(61)85)79(14,15)16/h31-36,38-45,50-51,86-87H,21-30,37,46-47H2,1-20H3. The van der Waals surface area contributed by atoms with E-state index in [1.54, 1.807) is 12.1 Å². The summed E-state index contributed by atoms with van der Waals surface area (Å²) in [6.07, 6.45) is 10.1. The maximum Gasteiger partial charge on any atom is 0.238 e. The summed E-state index contributed by atoms with van der Waals surface area (Å²) in [5.41, 5.74) is 15.8. The van der Waals surface area contributed by atoms with Crippen LogP contribution in [0, 0.1) is 50.5 Å². The Balaban J connectivity index is 1.10. The summed E-state index contributed by atoms with van der Waals surface area (Å²) in [4.78, 5) is 0. The fourth-order valence-electron chi connectivity index (χ4n) is 15.9. The first-order valence-electron chi connectivity index (χ1n) is 33.0. The molecule has 0 fully saturated rings. The Morgan fingerprint density at radius 3 is 1.18 bits per heavy atom. The molecule has 2 heterocycles. The molecule has 0 radical (unpaired) electrons. The van der Waals surface area contributed by atoms with E-state index in [4.69, 9.17) is 14.2 Å². The van der Waals surface area contributed by atoms with Crippen LogP contribution in [0.2, 0.25) is 0 Å². The molecular weight excluding hydrogens is 1100 g/mol. The van der Waals surface area contributed by atoms with Crippen molar-refractivity contribution >= 4 is 21.8 Å². The van der Waals surface area contributed by atoms with Gasteiger partial charge in [-0.2, -0.15) is 0 Å². The number of fused-ring (bicyclic) bond motifs is 6. The van der Waals surface area contributed by atoms with Gasteiger partial charge in [-0.1, -0.05) is 135 Å². The number of rotatable bonds is 14. The van der Waals surface area contributed by atoms with Crippen molar-refractivity contribution in [3.63, 3.8) is 0 Å². The van der Waals surface area contributed by atoms with Gasteiger partial charge in [-0.15, -0.1) is 0 Å². The number of halogens is 2. The van der Waals surface area contributed by atoms with Crippen LogP contribution in [0.4, 0.5) is 8.78 Å². The summed E-state index contributed by atoms with van der Waals surface area (Å²) >= 11 is 0. The molecule has 0 spiro atoms. The number of aromatic nitrogens is 2. The molecule has 476 valence electrons. The first-order valence-corrected chi connectivity index (χ1v) is 33.0. The Morgan fingerprint density at radius 2 is 0.820 bits per heavy atom. The fraction of sp³-hybridized carbons (Fsp3) is 0.481. The van der Waals surface area contributed by atoms with Gasteiger partial charge in [-0.3, -0.25) is 0 Å². The highest BCUT2D eigenvalue weighted by Crippen LogP contribution is 2.54. The second-order valence-corrected chi connectivity index (χ2v) is 32.8. The van der Waals surface area contributed by atoms with Crippen molar-refractivity contribution < 1.29 is 27.7 Å². The van der Waals surface area contributed by atoms with E-state index in [-0.39, 0.29) is 56.2 Å². The lowest BCUT2D eigenvalue weighted by Crippen LogP contribution is -2.26. The Labute approximate surface area is 533 Å². The number of benzene rings is 6. The zero-order valence-corrected chi connectivity index (χ0v) is 57.8. The van der Waals surface area contributed by atoms with Gasteiger partial charge >= 0.3 is 0 Å². The summed E-state index contributed by atoms with van der Waals surface area (Å²) in [6.45, 7) is 44.1. The van der Waals surface area contributed by atoms with Crippen LogP contribution < -0.4 is 0 Å². The van der Waals surface area contributed by atoms with Crippen molar-refractivity contribution in [2.45, 2.75) is 243 Å². The summed E-state index contributed by atoms with van der Waals surface area (Å²) in [5, 5.41) is 28.7. The lowest BCUT2D eigenvalue weighted by Gasteiger charge is -2.41. The molecule has 6 nitrogen and oxygen atoms in total. The molecule has 0 aliphatic heterocycles. The average molecular weight is 1210 g/mol. The first-order chi connectivity index (χ1) is 41.3. The van der Waals surface area contributed by atoms with Crippen molar-refractivity contribution in [1.29, 1.82) is 0 Å². The maximum atomic E-state index is 16.5. The van der Waals surface area contributed by atoms with E-state index in [2.05, 4.69) is 203 Å². The highest BCUT2D eigenvalue weighted by Gasteiger charge is 2.37. The predicted octanol–water partition coefficient (Wildman–Crippen LogP) is 23.0. The van der Waals surface area contributed by atoms with Gasteiger partial charge in [0.1, 0.15) is 29.6 Å². The van der Waals surface area contributed by atoms with Gasteiger partial charge < -0.3 is 28.1 Å². The van der Waals surface area contributed by atoms with Crippen LogP contribution in [0.25, 0.3) is 55.4 Å². The molecule has 2 N–H and O–H groups in total. The second kappa shape index (κ2) is 23.3. The molecule has 6 aromatic carbocycles. The summed E-state index contributed by atoms with van der Waals surface area (Å²) in [7, 11) is 9.40. The SMILES string of the molecule is [CH2-][O+](c1c(C)cc(F)cc1-c1cc(C(C)(C)CC(C)(C)C)cc(-n2c3c(c4c2CCCC4)CCCC3)c1O)C(C)CC(C)[O+]([CH2-])c1c(C)cc(F)cc1-c1cc(C(C)(C)CC(C)(C)C)cc(-n2c3cc(C(C)(C)C)ccc3c3ccc(C(C)(C)C)cc32)c1O. The molecule has 2 atom stereocenters. The smallest absolute Gasteiger partial charge is 0.238 e. The van der Waals surface area contributed by atoms with Crippen molar-refractivity contribution in [1.82, 2.24) is 9.13 Å². The number of phenols is 2. The minimum absolute atomic E-state index is 0.00476. The third-order valence-corrected chi connectivity index (χ3v) is 19.7. The normalized spacial score (nSPS) is 15.2. The third kappa shape index (κ3) is 12.7. The number of nitrogens with zero attached hydrogens (tertiary/aromatic N) is 2. The monoisotopic (exact) mass is 1210 g/mol. The molecule has 0 bridgehead atoms. The minimum atomic E-state index is -0.425. The zero-order chi connectivity index (χ0) is 65.2. The highest BCUT2D eigenvalue weighted by molar-refractivity contribution is 6.10. The third-order valence-electron chi connectivity index (χ3n) is 19.7. The van der Waals surface area contributed by atoms with Crippen molar-refractivity contribution in [2.24, 2.45) is 10.8 Å². The molecule has 2 aromatic heterocycles. The van der Waals surface area contributed by atoms with E-state index < -0.39 is 11.6 Å². The fourth-order valence-corrected chi connectivity index (χ4v) is 15.9.